The van der Waals surface area contributed by atoms with Gasteiger partial charge in [0.2, 0.25) is 11.7 Å². The number of carbonyl (C=O) groups is 1. The van der Waals surface area contributed by atoms with Gasteiger partial charge in [0.05, 0.1) is 10.7 Å². The van der Waals surface area contributed by atoms with Gasteiger partial charge in [0.1, 0.15) is 0 Å². The zero-order valence-corrected chi connectivity index (χ0v) is 11.3. The Morgan fingerprint density at radius 1 is 1.38 bits per heavy atom. The molecule has 0 fully saturated rings. The minimum Gasteiger partial charge on any atom is -0.493 e. The maximum absolute atomic E-state index is 12.2. The van der Waals surface area contributed by atoms with Gasteiger partial charge in [-0.3, -0.25) is 19.0 Å². The number of anilines is 1. The largest absolute Gasteiger partial charge is 0.493 e. The van der Waals surface area contributed by atoms with Gasteiger partial charge in [-0.2, -0.15) is 0 Å². The van der Waals surface area contributed by atoms with Crippen LogP contribution in [0.1, 0.15) is 10.4 Å². The van der Waals surface area contributed by atoms with E-state index in [0.29, 0.717) is 10.7 Å². The van der Waals surface area contributed by atoms with Crippen LogP contribution in [0.2, 0.25) is 5.02 Å². The molecule has 0 aliphatic carbocycles. The second-order valence-electron chi connectivity index (χ2n) is 4.21. The van der Waals surface area contributed by atoms with Crippen molar-refractivity contribution < 1.29 is 9.90 Å². The lowest BCUT2D eigenvalue weighted by Gasteiger charge is -2.08. The second-order valence-corrected chi connectivity index (χ2v) is 4.61. The van der Waals surface area contributed by atoms with E-state index in [4.69, 9.17) is 11.6 Å². The standard InChI is InChI=1S/C13H9ClN4O3/c14-7-3-1-2-4-8(7)16-10(19)9-11(20)17-13-15-5-6-18(13)12(9)21/h1-6,21H,(H,16,19)(H,15,17,20). The molecule has 0 unspecified atom stereocenters. The Balaban J connectivity index is 2.06. The summed E-state index contributed by atoms with van der Waals surface area (Å²) in [5.74, 6) is -1.11. The van der Waals surface area contributed by atoms with Crippen molar-refractivity contribution in [3.63, 3.8) is 0 Å². The third kappa shape index (κ3) is 2.23. The molecule has 0 radical (unpaired) electrons. The van der Waals surface area contributed by atoms with Gasteiger partial charge in [-0.05, 0) is 12.1 Å². The lowest BCUT2D eigenvalue weighted by molar-refractivity contribution is 0.102. The average molecular weight is 305 g/mol. The molecule has 0 saturated heterocycles. The lowest BCUT2D eigenvalue weighted by atomic mass is 10.2. The van der Waals surface area contributed by atoms with E-state index in [1.54, 1.807) is 24.3 Å². The third-order valence-corrected chi connectivity index (χ3v) is 3.22. The van der Waals surface area contributed by atoms with Crippen LogP contribution in [0.25, 0.3) is 5.78 Å². The number of amides is 1. The molecule has 7 nitrogen and oxygen atoms in total. The summed E-state index contributed by atoms with van der Waals surface area (Å²) in [7, 11) is 0. The first-order valence-corrected chi connectivity index (χ1v) is 6.30. The number of halogens is 1. The number of carbonyl (C=O) groups excluding carboxylic acids is 1. The highest BCUT2D eigenvalue weighted by Gasteiger charge is 2.20. The zero-order valence-electron chi connectivity index (χ0n) is 10.5. The van der Waals surface area contributed by atoms with Crippen molar-refractivity contribution in [1.29, 1.82) is 0 Å². The van der Waals surface area contributed by atoms with Gasteiger partial charge in [-0.1, -0.05) is 23.7 Å². The van der Waals surface area contributed by atoms with E-state index in [2.05, 4.69) is 15.3 Å². The van der Waals surface area contributed by atoms with Gasteiger partial charge in [0.25, 0.3) is 11.5 Å². The first-order chi connectivity index (χ1) is 10.1. The lowest BCUT2D eigenvalue weighted by Crippen LogP contribution is -2.25. The quantitative estimate of drug-likeness (QED) is 0.670. The molecule has 3 aromatic rings. The van der Waals surface area contributed by atoms with Crippen LogP contribution in [0.15, 0.2) is 41.5 Å². The van der Waals surface area contributed by atoms with Crippen molar-refractivity contribution in [2.45, 2.75) is 0 Å². The molecule has 1 amide bonds. The smallest absolute Gasteiger partial charge is 0.269 e. The summed E-state index contributed by atoms with van der Waals surface area (Å²) in [6.07, 6.45) is 2.81. The van der Waals surface area contributed by atoms with E-state index >= 15 is 0 Å². The normalized spacial score (nSPS) is 10.7. The van der Waals surface area contributed by atoms with Crippen molar-refractivity contribution in [1.82, 2.24) is 14.4 Å². The molecule has 21 heavy (non-hydrogen) atoms. The topological polar surface area (TPSA) is 99.5 Å². The van der Waals surface area contributed by atoms with Gasteiger partial charge in [0, 0.05) is 12.4 Å². The molecule has 8 heteroatoms. The van der Waals surface area contributed by atoms with E-state index in [1.807, 2.05) is 0 Å². The van der Waals surface area contributed by atoms with Gasteiger partial charge >= 0.3 is 0 Å². The minimum atomic E-state index is -0.766. The van der Waals surface area contributed by atoms with Crippen molar-refractivity contribution in [2.24, 2.45) is 0 Å². The van der Waals surface area contributed by atoms with E-state index in [-0.39, 0.29) is 5.78 Å². The number of nitrogens with zero attached hydrogens (tertiary/aromatic N) is 2. The minimum absolute atomic E-state index is 0.145. The fourth-order valence-electron chi connectivity index (χ4n) is 1.90. The SMILES string of the molecule is O=C(Nc1ccccc1Cl)c1c(O)n2ccnc2[nH]c1=O. The Hall–Kier alpha value is -2.80. The average Bonchev–Trinajstić information content (AvgIpc) is 2.90. The number of nitrogens with one attached hydrogen (secondary N) is 2. The van der Waals surface area contributed by atoms with E-state index in [0.717, 1.165) is 0 Å². The van der Waals surface area contributed by atoms with Crippen molar-refractivity contribution in [3.05, 3.63) is 57.6 Å². The first-order valence-electron chi connectivity index (χ1n) is 5.92. The number of aromatic amines is 1. The van der Waals surface area contributed by atoms with Crippen LogP contribution in [0.3, 0.4) is 0 Å². The molecule has 2 aromatic heterocycles. The summed E-state index contributed by atoms with van der Waals surface area (Å²) in [4.78, 5) is 30.3. The van der Waals surface area contributed by atoms with Crippen molar-refractivity contribution in [2.75, 3.05) is 5.32 Å². The van der Waals surface area contributed by atoms with Gasteiger partial charge in [-0.15, -0.1) is 0 Å². The van der Waals surface area contributed by atoms with E-state index in [1.165, 1.54) is 16.8 Å². The fraction of sp³-hybridized carbons (Fsp3) is 0. The second kappa shape index (κ2) is 4.95. The van der Waals surface area contributed by atoms with Crippen LogP contribution >= 0.6 is 11.6 Å². The number of fused-ring (bicyclic) bond motifs is 1. The summed E-state index contributed by atoms with van der Waals surface area (Å²) in [6, 6.07) is 6.58. The van der Waals surface area contributed by atoms with Crippen LogP contribution in [-0.4, -0.2) is 25.4 Å². The summed E-state index contributed by atoms with van der Waals surface area (Å²) >= 11 is 5.93. The predicted octanol–water partition coefficient (Wildman–Crippen LogP) is 1.63. The van der Waals surface area contributed by atoms with Gasteiger partial charge < -0.3 is 10.4 Å². The molecular weight excluding hydrogens is 296 g/mol. The molecule has 0 bridgehead atoms. The Bertz CT molecular complexity index is 900. The van der Waals surface area contributed by atoms with Crippen LogP contribution in [0.5, 0.6) is 5.88 Å². The molecular formula is C13H9ClN4O3. The number of H-pyrrole nitrogens is 1. The highest BCUT2D eigenvalue weighted by Crippen LogP contribution is 2.22. The third-order valence-electron chi connectivity index (χ3n) is 2.89. The zero-order chi connectivity index (χ0) is 15.0. The maximum Gasteiger partial charge on any atom is 0.269 e. The first kappa shape index (κ1) is 13.2. The highest BCUT2D eigenvalue weighted by atomic mass is 35.5. The molecule has 3 N–H and O–H groups in total. The van der Waals surface area contributed by atoms with Crippen molar-refractivity contribution >= 4 is 29.0 Å². The molecule has 0 aliphatic rings. The predicted molar refractivity (Wildman–Crippen MR) is 76.9 cm³/mol. The summed E-state index contributed by atoms with van der Waals surface area (Å²) in [6.45, 7) is 0. The number of hydrogen-bond donors (Lipinski definition) is 3. The maximum atomic E-state index is 12.2. The Morgan fingerprint density at radius 2 is 2.14 bits per heavy atom. The Kier molecular flexibility index (Phi) is 3.11. The van der Waals surface area contributed by atoms with Crippen LogP contribution in [0.4, 0.5) is 5.69 Å². The van der Waals surface area contributed by atoms with E-state index < -0.39 is 22.9 Å². The molecule has 0 atom stereocenters. The van der Waals surface area contributed by atoms with Gasteiger partial charge in [-0.25, -0.2) is 4.98 Å². The summed E-state index contributed by atoms with van der Waals surface area (Å²) in [5.41, 5.74) is -0.815. The van der Waals surface area contributed by atoms with E-state index in [9.17, 15) is 14.7 Å². The van der Waals surface area contributed by atoms with Gasteiger partial charge in [0.15, 0.2) is 5.56 Å². The highest BCUT2D eigenvalue weighted by molar-refractivity contribution is 6.33. The Labute approximate surface area is 122 Å². The molecule has 0 spiro atoms. The van der Waals surface area contributed by atoms with Crippen molar-refractivity contribution in [3.8, 4) is 5.88 Å². The number of benzene rings is 1. The number of aromatic hydroxyl groups is 1. The molecule has 1 aromatic carbocycles. The number of para-hydroxylation sites is 1. The summed E-state index contributed by atoms with van der Waals surface area (Å²) < 4.78 is 1.20. The Morgan fingerprint density at radius 3 is 2.90 bits per heavy atom. The molecule has 106 valence electrons. The number of hydrogen-bond acceptors (Lipinski definition) is 4. The molecule has 0 saturated carbocycles. The fourth-order valence-corrected chi connectivity index (χ4v) is 2.09. The molecule has 0 aliphatic heterocycles. The van der Waals surface area contributed by atoms with Crippen LogP contribution in [0, 0.1) is 0 Å². The molecule has 3 rings (SSSR count). The van der Waals surface area contributed by atoms with Crippen LogP contribution < -0.4 is 10.9 Å². The summed E-state index contributed by atoms with van der Waals surface area (Å²) in [5, 5.41) is 12.9. The molecule has 2 heterocycles. The van der Waals surface area contributed by atoms with Crippen LogP contribution in [-0.2, 0) is 0 Å². The number of imidazole rings is 1. The number of aromatic nitrogens is 3. The number of rotatable bonds is 2. The monoisotopic (exact) mass is 304 g/mol.